The molecule has 2 heterocycles. The molecular formula is C22H33BO4. The Morgan fingerprint density at radius 2 is 1.56 bits per heavy atom. The first-order chi connectivity index (χ1) is 12.7. The van der Waals surface area contributed by atoms with Crippen molar-refractivity contribution in [3.05, 3.63) is 29.8 Å². The van der Waals surface area contributed by atoms with E-state index in [4.69, 9.17) is 18.8 Å². The second-order valence-electron chi connectivity index (χ2n) is 9.72. The molecule has 1 aromatic rings. The van der Waals surface area contributed by atoms with Gasteiger partial charge in [0.15, 0.2) is 6.29 Å². The van der Waals surface area contributed by atoms with Crippen LogP contribution >= 0.6 is 0 Å². The molecular weight excluding hydrogens is 339 g/mol. The summed E-state index contributed by atoms with van der Waals surface area (Å²) in [6, 6.07) is 8.75. The van der Waals surface area contributed by atoms with Crippen LogP contribution in [0.15, 0.2) is 24.3 Å². The van der Waals surface area contributed by atoms with Gasteiger partial charge in [0.05, 0.1) is 16.8 Å². The van der Waals surface area contributed by atoms with E-state index in [0.717, 1.165) is 37.8 Å². The maximum Gasteiger partial charge on any atom is 0.494 e. The summed E-state index contributed by atoms with van der Waals surface area (Å²) in [4.78, 5) is 0. The van der Waals surface area contributed by atoms with E-state index in [1.54, 1.807) is 0 Å². The first-order valence-corrected chi connectivity index (χ1v) is 10.4. The molecule has 4 nitrogen and oxygen atoms in total. The Balaban J connectivity index is 1.34. The van der Waals surface area contributed by atoms with Crippen LogP contribution in [0.3, 0.4) is 0 Å². The summed E-state index contributed by atoms with van der Waals surface area (Å²) in [5.41, 5.74) is 1.82. The molecule has 3 aliphatic rings. The molecule has 1 atom stereocenters. The number of rotatable bonds is 4. The molecule has 4 rings (SSSR count). The highest BCUT2D eigenvalue weighted by Gasteiger charge is 2.51. The van der Waals surface area contributed by atoms with Gasteiger partial charge < -0.3 is 18.8 Å². The van der Waals surface area contributed by atoms with E-state index in [9.17, 15) is 0 Å². The lowest BCUT2D eigenvalue weighted by Crippen LogP contribution is -2.46. The highest BCUT2D eigenvalue weighted by atomic mass is 16.7. The van der Waals surface area contributed by atoms with Gasteiger partial charge in [0, 0.05) is 6.61 Å². The molecule has 27 heavy (non-hydrogen) atoms. The van der Waals surface area contributed by atoms with E-state index in [1.807, 2.05) is 0 Å². The molecule has 148 valence electrons. The Hall–Kier alpha value is -0.875. The van der Waals surface area contributed by atoms with Gasteiger partial charge in [-0.05, 0) is 83.7 Å². The first-order valence-electron chi connectivity index (χ1n) is 10.4. The fraction of sp³-hybridized carbons (Fsp3) is 0.727. The smallest absolute Gasteiger partial charge is 0.399 e. The van der Waals surface area contributed by atoms with Gasteiger partial charge in [-0.25, -0.2) is 0 Å². The van der Waals surface area contributed by atoms with Crippen LogP contribution in [0, 0.1) is 0 Å². The molecule has 1 saturated carbocycles. The van der Waals surface area contributed by atoms with Crippen molar-refractivity contribution in [2.45, 2.75) is 95.7 Å². The lowest BCUT2D eigenvalue weighted by Gasteiger charge is -2.47. The van der Waals surface area contributed by atoms with Crippen LogP contribution in [0.1, 0.15) is 78.2 Å². The van der Waals surface area contributed by atoms with Crippen LogP contribution in [-0.2, 0) is 18.8 Å². The molecule has 0 N–H and O–H groups in total. The maximum atomic E-state index is 6.26. The van der Waals surface area contributed by atoms with Gasteiger partial charge in [-0.3, -0.25) is 0 Å². The van der Waals surface area contributed by atoms with Crippen LogP contribution < -0.4 is 5.46 Å². The second-order valence-corrected chi connectivity index (χ2v) is 9.72. The molecule has 1 aliphatic carbocycles. The monoisotopic (exact) mass is 372 g/mol. The molecule has 1 aromatic carbocycles. The van der Waals surface area contributed by atoms with Crippen molar-refractivity contribution in [1.29, 1.82) is 0 Å². The van der Waals surface area contributed by atoms with Crippen molar-refractivity contribution in [3.8, 4) is 0 Å². The second kappa shape index (κ2) is 6.87. The van der Waals surface area contributed by atoms with Crippen molar-refractivity contribution in [2.75, 3.05) is 6.61 Å². The highest BCUT2D eigenvalue weighted by Crippen LogP contribution is 2.48. The third kappa shape index (κ3) is 3.84. The standard InChI is InChI=1S/C22H33BO4/c1-20(2)21(3,4)27-23(26-20)18-11-9-16(10-12-18)17-14-22(5,15-17)25-19-8-6-7-13-24-19/h9-12,17,19H,6-8,13-15H2,1-5H3. The minimum Gasteiger partial charge on any atom is -0.399 e. The number of ether oxygens (including phenoxy) is 2. The van der Waals surface area contributed by atoms with Crippen LogP contribution in [0.4, 0.5) is 0 Å². The lowest BCUT2D eigenvalue weighted by molar-refractivity contribution is -0.243. The average molecular weight is 372 g/mol. The third-order valence-electron chi connectivity index (χ3n) is 6.84. The van der Waals surface area contributed by atoms with Crippen molar-refractivity contribution in [2.24, 2.45) is 0 Å². The minimum absolute atomic E-state index is 0.00421. The molecule has 3 fully saturated rings. The predicted octanol–water partition coefficient (Wildman–Crippen LogP) is 4.17. The predicted molar refractivity (Wildman–Crippen MR) is 107 cm³/mol. The SMILES string of the molecule is CC1(OC2CCCCO2)CC(c2ccc(B3OC(C)(C)C(C)(C)O3)cc2)C1. The topological polar surface area (TPSA) is 36.9 Å². The van der Waals surface area contributed by atoms with Gasteiger partial charge >= 0.3 is 7.12 Å². The molecule has 5 heteroatoms. The Morgan fingerprint density at radius 1 is 0.926 bits per heavy atom. The van der Waals surface area contributed by atoms with E-state index in [-0.39, 0.29) is 30.2 Å². The summed E-state index contributed by atoms with van der Waals surface area (Å²) in [6.45, 7) is 11.4. The van der Waals surface area contributed by atoms with Gasteiger partial charge in [-0.15, -0.1) is 0 Å². The van der Waals surface area contributed by atoms with E-state index < -0.39 is 0 Å². The quantitative estimate of drug-likeness (QED) is 0.744. The largest absolute Gasteiger partial charge is 0.494 e. The van der Waals surface area contributed by atoms with Gasteiger partial charge in [-0.1, -0.05) is 24.3 Å². The molecule has 0 bridgehead atoms. The Kier molecular flexibility index (Phi) is 4.95. The van der Waals surface area contributed by atoms with E-state index in [1.165, 1.54) is 12.0 Å². The fourth-order valence-electron chi connectivity index (χ4n) is 4.34. The normalized spacial score (nSPS) is 35.1. The molecule has 1 unspecified atom stereocenters. The lowest BCUT2D eigenvalue weighted by atomic mass is 9.68. The van der Waals surface area contributed by atoms with Crippen molar-refractivity contribution in [1.82, 2.24) is 0 Å². The van der Waals surface area contributed by atoms with E-state index >= 15 is 0 Å². The van der Waals surface area contributed by atoms with Gasteiger partial charge in [0.25, 0.3) is 0 Å². The summed E-state index contributed by atoms with van der Waals surface area (Å²) in [6.07, 6.45) is 5.52. The zero-order valence-corrected chi connectivity index (χ0v) is 17.4. The van der Waals surface area contributed by atoms with Crippen LogP contribution in [0.2, 0.25) is 0 Å². The average Bonchev–Trinajstić information content (AvgIpc) is 2.81. The molecule has 0 spiro atoms. The van der Waals surface area contributed by atoms with Crippen molar-refractivity contribution in [3.63, 3.8) is 0 Å². The highest BCUT2D eigenvalue weighted by molar-refractivity contribution is 6.62. The number of hydrogen-bond donors (Lipinski definition) is 0. The molecule has 0 radical (unpaired) electrons. The van der Waals surface area contributed by atoms with Crippen molar-refractivity contribution < 1.29 is 18.8 Å². The summed E-state index contributed by atoms with van der Waals surface area (Å²) < 4.78 is 24.3. The Labute approximate surface area is 164 Å². The summed E-state index contributed by atoms with van der Waals surface area (Å²) in [5.74, 6) is 0.561. The molecule has 0 aromatic heterocycles. The molecule has 2 aliphatic heterocycles. The maximum absolute atomic E-state index is 6.26. The summed E-state index contributed by atoms with van der Waals surface area (Å²) in [7, 11) is -0.289. The van der Waals surface area contributed by atoms with Crippen LogP contribution in [0.25, 0.3) is 0 Å². The van der Waals surface area contributed by atoms with Gasteiger partial charge in [-0.2, -0.15) is 0 Å². The number of benzene rings is 1. The zero-order chi connectivity index (χ0) is 19.3. The van der Waals surface area contributed by atoms with Crippen molar-refractivity contribution >= 4 is 12.6 Å². The van der Waals surface area contributed by atoms with E-state index in [0.29, 0.717) is 5.92 Å². The third-order valence-corrected chi connectivity index (χ3v) is 6.84. The van der Waals surface area contributed by atoms with Gasteiger partial charge in [0.2, 0.25) is 0 Å². The Bertz CT molecular complexity index is 641. The van der Waals surface area contributed by atoms with E-state index in [2.05, 4.69) is 58.9 Å². The van der Waals surface area contributed by atoms with Crippen LogP contribution in [0.5, 0.6) is 0 Å². The van der Waals surface area contributed by atoms with Gasteiger partial charge in [0.1, 0.15) is 0 Å². The fourth-order valence-corrected chi connectivity index (χ4v) is 4.34. The zero-order valence-electron chi connectivity index (χ0n) is 17.4. The van der Waals surface area contributed by atoms with Crippen LogP contribution in [-0.4, -0.2) is 36.8 Å². The molecule has 2 saturated heterocycles. The first kappa shape index (κ1) is 19.4. The summed E-state index contributed by atoms with van der Waals surface area (Å²) >= 11 is 0. The summed E-state index contributed by atoms with van der Waals surface area (Å²) in [5, 5.41) is 0. The number of hydrogen-bond acceptors (Lipinski definition) is 4. The Morgan fingerprint density at radius 3 is 2.11 bits per heavy atom. The minimum atomic E-state index is -0.301. The molecule has 0 amide bonds.